The maximum Gasteiger partial charge on any atom is 0.341 e. The van der Waals surface area contributed by atoms with E-state index in [0.29, 0.717) is 16.1 Å². The van der Waals surface area contributed by atoms with Gasteiger partial charge in [-0.25, -0.2) is 4.79 Å². The molecule has 2 rings (SSSR count). The normalized spacial score (nSPS) is 10.2. The largest absolute Gasteiger partial charge is 0.462 e. The number of rotatable bonds is 7. The van der Waals surface area contributed by atoms with E-state index in [-0.39, 0.29) is 13.0 Å². The smallest absolute Gasteiger partial charge is 0.341 e. The highest BCUT2D eigenvalue weighted by molar-refractivity contribution is 7.15. The Labute approximate surface area is 149 Å². The molecular formula is C18H19NO5S. The number of nitrogens with one attached hydrogen (secondary N) is 1. The fraction of sp³-hybridized carbons (Fsp3) is 0.278. The third kappa shape index (κ3) is 4.90. The summed E-state index contributed by atoms with van der Waals surface area (Å²) in [6.45, 7) is 3.19. The van der Waals surface area contributed by atoms with Crippen molar-refractivity contribution in [3.8, 4) is 11.1 Å². The third-order valence-electron chi connectivity index (χ3n) is 3.26. The number of thiophene rings is 1. The first kappa shape index (κ1) is 18.7. The van der Waals surface area contributed by atoms with Crippen LogP contribution in [0.1, 0.15) is 30.6 Å². The Morgan fingerprint density at radius 1 is 1.08 bits per heavy atom. The Bertz CT molecular complexity index is 754. The molecule has 132 valence electrons. The fourth-order valence-electron chi connectivity index (χ4n) is 2.10. The summed E-state index contributed by atoms with van der Waals surface area (Å²) in [6, 6.07) is 9.36. The van der Waals surface area contributed by atoms with Crippen LogP contribution in [0.5, 0.6) is 0 Å². The van der Waals surface area contributed by atoms with Crippen molar-refractivity contribution >= 4 is 34.2 Å². The van der Waals surface area contributed by atoms with E-state index >= 15 is 0 Å². The van der Waals surface area contributed by atoms with Crippen molar-refractivity contribution in [1.29, 1.82) is 0 Å². The number of carbonyl (C=O) groups excluding carboxylic acids is 3. The molecule has 1 N–H and O–H groups in total. The van der Waals surface area contributed by atoms with Gasteiger partial charge in [0.05, 0.1) is 6.61 Å². The van der Waals surface area contributed by atoms with Gasteiger partial charge in [-0.2, -0.15) is 0 Å². The zero-order chi connectivity index (χ0) is 18.2. The maximum atomic E-state index is 12.4. The summed E-state index contributed by atoms with van der Waals surface area (Å²) in [5.74, 6) is -1.48. The standard InChI is InChI=1S/C18H19NO5S/c1-3-15(21)24-10-14(20)19-17-16(18(22)23-4-2)13(11-25-17)12-8-6-5-7-9-12/h5-9,11H,3-4,10H2,1-2H3,(H,19,20). The minimum absolute atomic E-state index is 0.193. The van der Waals surface area contributed by atoms with Crippen LogP contribution in [0.2, 0.25) is 0 Å². The Hall–Kier alpha value is -2.67. The lowest BCUT2D eigenvalue weighted by Gasteiger charge is -2.09. The van der Waals surface area contributed by atoms with E-state index in [4.69, 9.17) is 9.47 Å². The first-order valence-corrected chi connectivity index (χ1v) is 8.74. The Morgan fingerprint density at radius 2 is 1.80 bits per heavy atom. The first-order valence-electron chi connectivity index (χ1n) is 7.86. The van der Waals surface area contributed by atoms with Gasteiger partial charge in [0.15, 0.2) is 6.61 Å². The summed E-state index contributed by atoms with van der Waals surface area (Å²) in [4.78, 5) is 35.5. The minimum atomic E-state index is -0.511. The zero-order valence-electron chi connectivity index (χ0n) is 14.0. The van der Waals surface area contributed by atoms with Gasteiger partial charge in [-0.05, 0) is 12.5 Å². The lowest BCUT2D eigenvalue weighted by molar-refractivity contribution is -0.146. The first-order chi connectivity index (χ1) is 12.1. The van der Waals surface area contributed by atoms with Gasteiger partial charge in [0, 0.05) is 17.4 Å². The Morgan fingerprint density at radius 3 is 2.44 bits per heavy atom. The molecule has 0 bridgehead atoms. The molecule has 0 aliphatic carbocycles. The van der Waals surface area contributed by atoms with Crippen molar-refractivity contribution in [3.05, 3.63) is 41.3 Å². The highest BCUT2D eigenvalue weighted by atomic mass is 32.1. The topological polar surface area (TPSA) is 81.7 Å². The molecule has 0 aliphatic rings. The predicted molar refractivity (Wildman–Crippen MR) is 95.6 cm³/mol. The maximum absolute atomic E-state index is 12.4. The number of hydrogen-bond donors (Lipinski definition) is 1. The van der Waals surface area contributed by atoms with E-state index in [1.165, 1.54) is 11.3 Å². The van der Waals surface area contributed by atoms with E-state index in [0.717, 1.165) is 5.56 Å². The van der Waals surface area contributed by atoms with Crippen LogP contribution in [0.15, 0.2) is 35.7 Å². The van der Waals surface area contributed by atoms with Gasteiger partial charge < -0.3 is 14.8 Å². The van der Waals surface area contributed by atoms with Crippen LogP contribution in [0, 0.1) is 0 Å². The zero-order valence-corrected chi connectivity index (χ0v) is 14.9. The van der Waals surface area contributed by atoms with Crippen molar-refractivity contribution in [2.75, 3.05) is 18.5 Å². The highest BCUT2D eigenvalue weighted by Gasteiger charge is 2.22. The fourth-order valence-corrected chi connectivity index (χ4v) is 3.07. The van der Waals surface area contributed by atoms with Crippen molar-refractivity contribution in [1.82, 2.24) is 0 Å². The molecule has 0 atom stereocenters. The highest BCUT2D eigenvalue weighted by Crippen LogP contribution is 2.36. The van der Waals surface area contributed by atoms with Gasteiger partial charge in [0.25, 0.3) is 5.91 Å². The van der Waals surface area contributed by atoms with Gasteiger partial charge in [-0.15, -0.1) is 11.3 Å². The van der Waals surface area contributed by atoms with Crippen molar-refractivity contribution < 1.29 is 23.9 Å². The summed E-state index contributed by atoms with van der Waals surface area (Å²) >= 11 is 1.22. The second-order valence-electron chi connectivity index (χ2n) is 5.00. The number of benzene rings is 1. The van der Waals surface area contributed by atoms with E-state index in [2.05, 4.69) is 5.32 Å². The molecule has 7 heteroatoms. The number of ether oxygens (including phenoxy) is 2. The quantitative estimate of drug-likeness (QED) is 0.764. The molecule has 6 nitrogen and oxygen atoms in total. The SMILES string of the molecule is CCOC(=O)c1c(-c2ccccc2)csc1NC(=O)COC(=O)CC. The summed E-state index contributed by atoms with van der Waals surface area (Å²) in [7, 11) is 0. The average Bonchev–Trinajstić information content (AvgIpc) is 3.04. The van der Waals surface area contributed by atoms with E-state index in [9.17, 15) is 14.4 Å². The van der Waals surface area contributed by atoms with Crippen LogP contribution in [-0.4, -0.2) is 31.1 Å². The number of amides is 1. The minimum Gasteiger partial charge on any atom is -0.462 e. The summed E-state index contributed by atoms with van der Waals surface area (Å²) < 4.78 is 9.92. The molecule has 1 heterocycles. The van der Waals surface area contributed by atoms with Crippen LogP contribution >= 0.6 is 11.3 Å². The molecule has 1 aromatic heterocycles. The average molecular weight is 361 g/mol. The second kappa shape index (κ2) is 8.98. The molecule has 0 radical (unpaired) electrons. The van der Waals surface area contributed by atoms with Crippen LogP contribution in [0.25, 0.3) is 11.1 Å². The van der Waals surface area contributed by atoms with Gasteiger partial charge in [-0.1, -0.05) is 37.3 Å². The molecule has 0 saturated heterocycles. The van der Waals surface area contributed by atoms with Crippen molar-refractivity contribution in [3.63, 3.8) is 0 Å². The summed E-state index contributed by atoms with van der Waals surface area (Å²) in [5, 5.41) is 4.78. The van der Waals surface area contributed by atoms with E-state index in [1.807, 2.05) is 30.3 Å². The van der Waals surface area contributed by atoms with Crippen LogP contribution < -0.4 is 5.32 Å². The summed E-state index contributed by atoms with van der Waals surface area (Å²) in [5.41, 5.74) is 1.83. The van der Waals surface area contributed by atoms with Crippen LogP contribution in [-0.2, 0) is 19.1 Å². The van der Waals surface area contributed by atoms with Crippen LogP contribution in [0.3, 0.4) is 0 Å². The third-order valence-corrected chi connectivity index (χ3v) is 4.16. The Kier molecular flexibility index (Phi) is 6.71. The number of carbonyl (C=O) groups is 3. The molecule has 0 unspecified atom stereocenters. The van der Waals surface area contributed by atoms with Gasteiger partial charge in [-0.3, -0.25) is 9.59 Å². The van der Waals surface area contributed by atoms with E-state index in [1.54, 1.807) is 19.2 Å². The lowest BCUT2D eigenvalue weighted by Crippen LogP contribution is -2.21. The van der Waals surface area contributed by atoms with Crippen molar-refractivity contribution in [2.45, 2.75) is 20.3 Å². The van der Waals surface area contributed by atoms with Crippen LogP contribution in [0.4, 0.5) is 5.00 Å². The molecule has 25 heavy (non-hydrogen) atoms. The molecule has 0 fully saturated rings. The molecule has 1 amide bonds. The molecule has 0 saturated carbocycles. The lowest BCUT2D eigenvalue weighted by atomic mass is 10.0. The summed E-state index contributed by atoms with van der Waals surface area (Å²) in [6.07, 6.45) is 0.193. The predicted octanol–water partition coefficient (Wildman–Crippen LogP) is 3.48. The second-order valence-corrected chi connectivity index (χ2v) is 5.88. The molecule has 2 aromatic rings. The molecule has 1 aromatic carbocycles. The van der Waals surface area contributed by atoms with E-state index < -0.39 is 24.5 Å². The molecule has 0 spiro atoms. The number of esters is 2. The van der Waals surface area contributed by atoms with Gasteiger partial charge in [0.2, 0.25) is 0 Å². The van der Waals surface area contributed by atoms with Crippen molar-refractivity contribution in [2.24, 2.45) is 0 Å². The van der Waals surface area contributed by atoms with Gasteiger partial charge >= 0.3 is 11.9 Å². The molecule has 0 aliphatic heterocycles. The van der Waals surface area contributed by atoms with Gasteiger partial charge in [0.1, 0.15) is 10.6 Å². The number of anilines is 1. The monoisotopic (exact) mass is 361 g/mol. The Balaban J connectivity index is 2.26. The number of hydrogen-bond acceptors (Lipinski definition) is 6. The molecular weight excluding hydrogens is 342 g/mol.